The maximum absolute atomic E-state index is 12.8. The molecule has 2 aliphatic rings. The van der Waals surface area contributed by atoms with Crippen molar-refractivity contribution in [2.75, 3.05) is 31.6 Å². The van der Waals surface area contributed by atoms with Crippen molar-refractivity contribution in [3.63, 3.8) is 0 Å². The van der Waals surface area contributed by atoms with E-state index < -0.39 is 10.0 Å². The lowest BCUT2D eigenvalue weighted by Crippen LogP contribution is -2.35. The van der Waals surface area contributed by atoms with E-state index in [0.29, 0.717) is 37.5 Å². The van der Waals surface area contributed by atoms with Crippen LogP contribution in [-0.4, -0.2) is 45.4 Å². The Labute approximate surface area is 137 Å². The van der Waals surface area contributed by atoms with Crippen LogP contribution in [0.1, 0.15) is 32.1 Å². The minimum absolute atomic E-state index is 0.0100. The van der Waals surface area contributed by atoms with Gasteiger partial charge in [0.15, 0.2) is 0 Å². The molecule has 2 aliphatic heterocycles. The summed E-state index contributed by atoms with van der Waals surface area (Å²) in [4.78, 5) is 13.9. The van der Waals surface area contributed by atoms with Gasteiger partial charge in [-0.25, -0.2) is 8.42 Å². The van der Waals surface area contributed by atoms with Crippen LogP contribution in [0, 0.1) is 0 Å². The molecule has 7 heteroatoms. The van der Waals surface area contributed by atoms with E-state index in [4.69, 9.17) is 4.74 Å². The number of carbonyl (C=O) groups is 1. The van der Waals surface area contributed by atoms with Gasteiger partial charge in [-0.3, -0.25) is 4.79 Å². The summed E-state index contributed by atoms with van der Waals surface area (Å²) >= 11 is 0. The number of ether oxygens (including phenoxy) is 1. The highest BCUT2D eigenvalue weighted by atomic mass is 32.2. The van der Waals surface area contributed by atoms with E-state index in [0.717, 1.165) is 25.7 Å². The standard InChI is InChI=1S/C16H22N2O4S/c1-22-15-8-7-13(12-14(15)18-11-5-6-16(18)19)23(20,21)17-9-3-2-4-10-17/h7-8,12H,2-6,9-11H2,1H3. The zero-order valence-electron chi connectivity index (χ0n) is 13.3. The van der Waals surface area contributed by atoms with Crippen LogP contribution in [-0.2, 0) is 14.8 Å². The minimum Gasteiger partial charge on any atom is -0.495 e. The third-order valence-corrected chi connectivity index (χ3v) is 6.36. The van der Waals surface area contributed by atoms with Gasteiger partial charge in [0, 0.05) is 26.1 Å². The number of amides is 1. The molecule has 1 aromatic carbocycles. The number of hydrogen-bond acceptors (Lipinski definition) is 4. The molecule has 0 unspecified atom stereocenters. The number of carbonyl (C=O) groups excluding carboxylic acids is 1. The molecule has 2 fully saturated rings. The molecule has 0 bridgehead atoms. The Morgan fingerprint density at radius 3 is 2.39 bits per heavy atom. The predicted molar refractivity (Wildman–Crippen MR) is 87.2 cm³/mol. The quantitative estimate of drug-likeness (QED) is 0.842. The highest BCUT2D eigenvalue weighted by Crippen LogP contribution is 2.34. The molecular formula is C16H22N2O4S. The molecule has 0 saturated carbocycles. The number of anilines is 1. The molecule has 0 atom stereocenters. The van der Waals surface area contributed by atoms with E-state index in [2.05, 4.69) is 0 Å². The van der Waals surface area contributed by atoms with Gasteiger partial charge in [-0.15, -0.1) is 0 Å². The highest BCUT2D eigenvalue weighted by molar-refractivity contribution is 7.89. The molecular weight excluding hydrogens is 316 g/mol. The normalized spacial score (nSPS) is 20.0. The molecule has 0 spiro atoms. The number of rotatable bonds is 4. The Balaban J connectivity index is 1.98. The van der Waals surface area contributed by atoms with Crippen molar-refractivity contribution in [2.45, 2.75) is 37.0 Å². The van der Waals surface area contributed by atoms with Crippen molar-refractivity contribution < 1.29 is 17.9 Å². The SMILES string of the molecule is COc1ccc(S(=O)(=O)N2CCCCC2)cc1N1CCCC1=O. The summed E-state index contributed by atoms with van der Waals surface area (Å²) in [6, 6.07) is 4.77. The van der Waals surface area contributed by atoms with Crippen LogP contribution in [0.2, 0.25) is 0 Å². The first-order chi connectivity index (χ1) is 11.0. The van der Waals surface area contributed by atoms with Crippen molar-refractivity contribution >= 4 is 21.6 Å². The van der Waals surface area contributed by atoms with Crippen molar-refractivity contribution in [3.05, 3.63) is 18.2 Å². The smallest absolute Gasteiger partial charge is 0.243 e. The largest absolute Gasteiger partial charge is 0.495 e. The van der Waals surface area contributed by atoms with E-state index in [1.54, 1.807) is 23.1 Å². The van der Waals surface area contributed by atoms with Crippen molar-refractivity contribution in [3.8, 4) is 5.75 Å². The van der Waals surface area contributed by atoms with E-state index >= 15 is 0 Å². The van der Waals surface area contributed by atoms with Gasteiger partial charge >= 0.3 is 0 Å². The van der Waals surface area contributed by atoms with Gasteiger partial charge in [0.2, 0.25) is 15.9 Å². The maximum atomic E-state index is 12.8. The average Bonchev–Trinajstić information content (AvgIpc) is 3.01. The summed E-state index contributed by atoms with van der Waals surface area (Å²) < 4.78 is 32.5. The van der Waals surface area contributed by atoms with E-state index in [-0.39, 0.29) is 10.8 Å². The fourth-order valence-electron chi connectivity index (χ4n) is 3.20. The van der Waals surface area contributed by atoms with Gasteiger partial charge in [0.05, 0.1) is 17.7 Å². The number of hydrogen-bond donors (Lipinski definition) is 0. The third-order valence-electron chi connectivity index (χ3n) is 4.47. The molecule has 6 nitrogen and oxygen atoms in total. The van der Waals surface area contributed by atoms with Crippen LogP contribution in [0.4, 0.5) is 5.69 Å². The number of piperidine rings is 1. The Morgan fingerprint density at radius 2 is 1.78 bits per heavy atom. The minimum atomic E-state index is -3.52. The fourth-order valence-corrected chi connectivity index (χ4v) is 4.74. The molecule has 1 amide bonds. The van der Waals surface area contributed by atoms with Crippen LogP contribution in [0.5, 0.6) is 5.75 Å². The summed E-state index contributed by atoms with van der Waals surface area (Å²) in [5, 5.41) is 0. The summed E-state index contributed by atoms with van der Waals surface area (Å²) in [5.41, 5.74) is 0.549. The number of methoxy groups -OCH3 is 1. The fraction of sp³-hybridized carbons (Fsp3) is 0.562. The predicted octanol–water partition coefficient (Wildman–Crippen LogP) is 2.00. The molecule has 0 N–H and O–H groups in total. The average molecular weight is 338 g/mol. The molecule has 2 heterocycles. The highest BCUT2D eigenvalue weighted by Gasteiger charge is 2.29. The molecule has 2 saturated heterocycles. The second-order valence-corrected chi connectivity index (χ2v) is 7.89. The second-order valence-electron chi connectivity index (χ2n) is 5.95. The van der Waals surface area contributed by atoms with Gasteiger partial charge < -0.3 is 9.64 Å². The zero-order chi connectivity index (χ0) is 16.4. The molecule has 0 aliphatic carbocycles. The number of sulfonamides is 1. The molecule has 0 aromatic heterocycles. The Morgan fingerprint density at radius 1 is 1.04 bits per heavy atom. The Kier molecular flexibility index (Phi) is 4.59. The summed E-state index contributed by atoms with van der Waals surface area (Å²) in [6.07, 6.45) is 4.14. The third kappa shape index (κ3) is 3.07. The molecule has 126 valence electrons. The van der Waals surface area contributed by atoms with E-state index in [9.17, 15) is 13.2 Å². The first kappa shape index (κ1) is 16.3. The Bertz CT molecular complexity index is 696. The summed E-state index contributed by atoms with van der Waals surface area (Å²) in [6.45, 7) is 1.72. The van der Waals surface area contributed by atoms with Crippen molar-refractivity contribution in [1.82, 2.24) is 4.31 Å². The van der Waals surface area contributed by atoms with Gasteiger partial charge in [0.25, 0.3) is 0 Å². The molecule has 3 rings (SSSR count). The first-order valence-electron chi connectivity index (χ1n) is 8.02. The zero-order valence-corrected chi connectivity index (χ0v) is 14.1. The number of benzene rings is 1. The van der Waals surface area contributed by atoms with Crippen LogP contribution in [0.15, 0.2) is 23.1 Å². The second kappa shape index (κ2) is 6.49. The molecule has 23 heavy (non-hydrogen) atoms. The topological polar surface area (TPSA) is 66.9 Å². The summed E-state index contributed by atoms with van der Waals surface area (Å²) in [5.74, 6) is 0.536. The summed E-state index contributed by atoms with van der Waals surface area (Å²) in [7, 11) is -1.99. The van der Waals surface area contributed by atoms with E-state index in [1.165, 1.54) is 11.4 Å². The van der Waals surface area contributed by atoms with Crippen molar-refractivity contribution in [2.24, 2.45) is 0 Å². The lowest BCUT2D eigenvalue weighted by atomic mass is 10.2. The van der Waals surface area contributed by atoms with Gasteiger partial charge in [-0.05, 0) is 37.5 Å². The van der Waals surface area contributed by atoms with Crippen LogP contribution in [0.3, 0.4) is 0 Å². The van der Waals surface area contributed by atoms with Crippen LogP contribution >= 0.6 is 0 Å². The van der Waals surface area contributed by atoms with Gasteiger partial charge in [-0.1, -0.05) is 6.42 Å². The van der Waals surface area contributed by atoms with Crippen LogP contribution < -0.4 is 9.64 Å². The Hall–Kier alpha value is -1.60. The lowest BCUT2D eigenvalue weighted by molar-refractivity contribution is -0.117. The monoisotopic (exact) mass is 338 g/mol. The number of nitrogens with zero attached hydrogens (tertiary/aromatic N) is 2. The van der Waals surface area contributed by atoms with Gasteiger partial charge in [0.1, 0.15) is 5.75 Å². The maximum Gasteiger partial charge on any atom is 0.243 e. The first-order valence-corrected chi connectivity index (χ1v) is 9.46. The van der Waals surface area contributed by atoms with Crippen molar-refractivity contribution in [1.29, 1.82) is 0 Å². The lowest BCUT2D eigenvalue weighted by Gasteiger charge is -2.27. The molecule has 0 radical (unpaired) electrons. The van der Waals surface area contributed by atoms with E-state index in [1.807, 2.05) is 0 Å². The van der Waals surface area contributed by atoms with Gasteiger partial charge in [-0.2, -0.15) is 4.31 Å². The van der Waals surface area contributed by atoms with Crippen LogP contribution in [0.25, 0.3) is 0 Å². The molecule has 1 aromatic rings.